The van der Waals surface area contributed by atoms with E-state index in [-0.39, 0.29) is 24.1 Å². The largest absolute Gasteiger partial charge is 0.493 e. The maximum Gasteiger partial charge on any atom is 0.247 e. The number of likely N-dealkylation sites (tertiary alicyclic amines) is 1. The van der Waals surface area contributed by atoms with Crippen LogP contribution in [0.15, 0.2) is 36.4 Å². The normalized spacial score (nSPS) is 18.8. The number of amides is 2. The molecule has 33 heavy (non-hydrogen) atoms. The molecule has 1 saturated heterocycles. The van der Waals surface area contributed by atoms with Crippen LogP contribution in [0.5, 0.6) is 11.5 Å². The number of imide groups is 1. The highest BCUT2D eigenvalue weighted by Crippen LogP contribution is 2.32. The van der Waals surface area contributed by atoms with Crippen molar-refractivity contribution in [1.82, 2.24) is 14.8 Å². The first-order valence-electron chi connectivity index (χ1n) is 11.1. The average molecular weight is 451 g/mol. The molecule has 0 radical (unpaired) electrons. The van der Waals surface area contributed by atoms with E-state index in [1.54, 1.807) is 20.3 Å². The fourth-order valence-electron chi connectivity index (χ4n) is 4.94. The number of benzene rings is 2. The molecule has 2 amide bonds. The van der Waals surface area contributed by atoms with Crippen LogP contribution in [0.2, 0.25) is 0 Å². The molecule has 0 unspecified atom stereocenters. The van der Waals surface area contributed by atoms with E-state index in [1.165, 1.54) is 17.0 Å². The summed E-state index contributed by atoms with van der Waals surface area (Å²) in [5.41, 5.74) is 3.95. The van der Waals surface area contributed by atoms with Gasteiger partial charge in [-0.3, -0.25) is 19.4 Å². The topological polar surface area (TPSA) is 74.9 Å². The highest BCUT2D eigenvalue weighted by molar-refractivity contribution is 6.05. The minimum Gasteiger partial charge on any atom is -0.493 e. The van der Waals surface area contributed by atoms with Gasteiger partial charge in [0, 0.05) is 42.7 Å². The zero-order valence-electron chi connectivity index (χ0n) is 18.7. The van der Waals surface area contributed by atoms with Crippen LogP contribution in [-0.2, 0) is 29.0 Å². The molecular weight excluding hydrogens is 425 g/mol. The van der Waals surface area contributed by atoms with Crippen LogP contribution >= 0.6 is 0 Å². The van der Waals surface area contributed by atoms with Gasteiger partial charge in [0.2, 0.25) is 11.8 Å². The maximum atomic E-state index is 13.8. The van der Waals surface area contributed by atoms with Gasteiger partial charge < -0.3 is 14.5 Å². The lowest BCUT2D eigenvalue weighted by atomic mass is 10.0. The van der Waals surface area contributed by atoms with Crippen molar-refractivity contribution in [3.8, 4) is 11.5 Å². The Balaban J connectivity index is 1.29. The van der Waals surface area contributed by atoms with Crippen molar-refractivity contribution in [2.75, 3.05) is 27.3 Å². The molecule has 0 spiro atoms. The molecule has 7 nitrogen and oxygen atoms in total. The molecule has 1 N–H and O–H groups in total. The lowest BCUT2D eigenvalue weighted by Gasteiger charge is -2.31. The Hall–Kier alpha value is -3.39. The highest BCUT2D eigenvalue weighted by Gasteiger charge is 2.42. The van der Waals surface area contributed by atoms with Crippen LogP contribution in [0.4, 0.5) is 4.39 Å². The number of halogens is 1. The third-order valence-electron chi connectivity index (χ3n) is 6.70. The SMILES string of the molecule is COc1ccc(CCN2C(=O)C[C@H](N3CCc4[nH]c5ccc(F)cc5c4C3)C2=O)cc1OC. The van der Waals surface area contributed by atoms with E-state index < -0.39 is 6.04 Å². The van der Waals surface area contributed by atoms with Crippen molar-refractivity contribution in [3.63, 3.8) is 0 Å². The number of methoxy groups -OCH3 is 2. The quantitative estimate of drug-likeness (QED) is 0.583. The summed E-state index contributed by atoms with van der Waals surface area (Å²) in [5, 5.41) is 0.844. The van der Waals surface area contributed by atoms with Gasteiger partial charge in [-0.1, -0.05) is 6.07 Å². The Kier molecular flexibility index (Phi) is 5.54. The van der Waals surface area contributed by atoms with E-state index in [1.807, 2.05) is 18.2 Å². The van der Waals surface area contributed by atoms with Crippen LogP contribution in [0.3, 0.4) is 0 Å². The van der Waals surface area contributed by atoms with Gasteiger partial charge in [0.05, 0.1) is 26.7 Å². The summed E-state index contributed by atoms with van der Waals surface area (Å²) in [4.78, 5) is 32.7. The molecule has 2 aliphatic rings. The number of aromatic amines is 1. The minimum atomic E-state index is -0.477. The molecule has 5 rings (SSSR count). The van der Waals surface area contributed by atoms with Crippen LogP contribution in [0.25, 0.3) is 10.9 Å². The van der Waals surface area contributed by atoms with Gasteiger partial charge >= 0.3 is 0 Å². The zero-order valence-corrected chi connectivity index (χ0v) is 18.7. The molecule has 8 heteroatoms. The zero-order chi connectivity index (χ0) is 23.1. The van der Waals surface area contributed by atoms with Gasteiger partial charge in [0.15, 0.2) is 11.5 Å². The second-order valence-corrected chi connectivity index (χ2v) is 8.54. The van der Waals surface area contributed by atoms with E-state index in [9.17, 15) is 14.0 Å². The summed E-state index contributed by atoms with van der Waals surface area (Å²) in [6, 6.07) is 9.83. The first kappa shape index (κ1) is 21.5. The third-order valence-corrected chi connectivity index (χ3v) is 6.70. The predicted molar refractivity (Wildman–Crippen MR) is 121 cm³/mol. The summed E-state index contributed by atoms with van der Waals surface area (Å²) in [5.74, 6) is 0.661. The number of fused-ring (bicyclic) bond motifs is 3. The lowest BCUT2D eigenvalue weighted by Crippen LogP contribution is -2.44. The second kappa shape index (κ2) is 8.51. The van der Waals surface area contributed by atoms with Gasteiger partial charge in [-0.05, 0) is 47.9 Å². The molecule has 1 aromatic heterocycles. The summed E-state index contributed by atoms with van der Waals surface area (Å²) >= 11 is 0. The van der Waals surface area contributed by atoms with Gasteiger partial charge in [0.25, 0.3) is 0 Å². The van der Waals surface area contributed by atoms with Crippen molar-refractivity contribution in [2.24, 2.45) is 0 Å². The summed E-state index contributed by atoms with van der Waals surface area (Å²) in [7, 11) is 3.15. The Bertz CT molecular complexity index is 1240. The van der Waals surface area contributed by atoms with Crippen molar-refractivity contribution in [1.29, 1.82) is 0 Å². The van der Waals surface area contributed by atoms with Crippen molar-refractivity contribution in [3.05, 3.63) is 59.0 Å². The van der Waals surface area contributed by atoms with Gasteiger partial charge in [-0.2, -0.15) is 0 Å². The number of ether oxygens (including phenoxy) is 2. The summed E-state index contributed by atoms with van der Waals surface area (Å²) in [6.45, 7) is 1.52. The van der Waals surface area contributed by atoms with E-state index in [2.05, 4.69) is 9.88 Å². The van der Waals surface area contributed by atoms with Crippen molar-refractivity contribution < 1.29 is 23.5 Å². The van der Waals surface area contributed by atoms with Crippen LogP contribution < -0.4 is 9.47 Å². The van der Waals surface area contributed by atoms with E-state index in [4.69, 9.17) is 9.47 Å². The third kappa shape index (κ3) is 3.84. The molecule has 3 aromatic rings. The summed E-state index contributed by atoms with van der Waals surface area (Å²) in [6.07, 6.45) is 1.45. The molecule has 1 atom stereocenters. The molecule has 0 aliphatic carbocycles. The number of aromatic nitrogens is 1. The second-order valence-electron chi connectivity index (χ2n) is 8.54. The lowest BCUT2D eigenvalue weighted by molar-refractivity contribution is -0.139. The highest BCUT2D eigenvalue weighted by atomic mass is 19.1. The molecular formula is C25H26FN3O4. The molecule has 3 heterocycles. The Labute approximate surface area is 191 Å². The van der Waals surface area contributed by atoms with E-state index in [0.29, 0.717) is 37.6 Å². The Morgan fingerprint density at radius 3 is 2.70 bits per heavy atom. The average Bonchev–Trinajstić information content (AvgIpc) is 3.33. The smallest absolute Gasteiger partial charge is 0.247 e. The fraction of sp³-hybridized carbons (Fsp3) is 0.360. The van der Waals surface area contributed by atoms with Crippen molar-refractivity contribution in [2.45, 2.75) is 31.8 Å². The summed E-state index contributed by atoms with van der Waals surface area (Å²) < 4.78 is 24.4. The molecule has 172 valence electrons. The van der Waals surface area contributed by atoms with E-state index in [0.717, 1.165) is 34.1 Å². The first-order valence-corrected chi connectivity index (χ1v) is 11.1. The maximum absolute atomic E-state index is 13.8. The predicted octanol–water partition coefficient (Wildman–Crippen LogP) is 3.05. The van der Waals surface area contributed by atoms with Gasteiger partial charge in [-0.25, -0.2) is 4.39 Å². The Morgan fingerprint density at radius 2 is 1.91 bits per heavy atom. The number of rotatable bonds is 6. The Morgan fingerprint density at radius 1 is 1.09 bits per heavy atom. The number of carbonyl (C=O) groups is 2. The van der Waals surface area contributed by atoms with Crippen molar-refractivity contribution >= 4 is 22.7 Å². The number of nitrogens with zero attached hydrogens (tertiary/aromatic N) is 2. The number of hydrogen-bond acceptors (Lipinski definition) is 5. The van der Waals surface area contributed by atoms with Gasteiger partial charge in [0.1, 0.15) is 5.82 Å². The fourth-order valence-corrected chi connectivity index (χ4v) is 4.94. The van der Waals surface area contributed by atoms with Gasteiger partial charge in [-0.15, -0.1) is 0 Å². The molecule has 2 aromatic carbocycles. The molecule has 0 bridgehead atoms. The number of nitrogens with one attached hydrogen (secondary N) is 1. The number of hydrogen-bond donors (Lipinski definition) is 1. The van der Waals surface area contributed by atoms with E-state index >= 15 is 0 Å². The molecule has 1 fully saturated rings. The first-order chi connectivity index (χ1) is 16.0. The van der Waals surface area contributed by atoms with Crippen LogP contribution in [0.1, 0.15) is 23.2 Å². The molecule has 0 saturated carbocycles. The minimum absolute atomic E-state index is 0.152. The molecule has 2 aliphatic heterocycles. The number of carbonyl (C=O) groups excluding carboxylic acids is 2. The standard InChI is InChI=1S/C25H26FN3O4/c1-32-22-6-3-15(11-23(22)33-2)7-10-29-24(30)13-21(25(29)31)28-9-8-20-18(14-28)17-12-16(26)4-5-19(17)27-20/h3-6,11-12,21,27H,7-10,13-14H2,1-2H3/t21-/m0/s1. The van der Waals surface area contributed by atoms with Crippen LogP contribution in [-0.4, -0.2) is 59.9 Å². The number of H-pyrrole nitrogens is 1. The monoisotopic (exact) mass is 451 g/mol. The van der Waals surface area contributed by atoms with Crippen LogP contribution in [0, 0.1) is 5.82 Å².